The van der Waals surface area contributed by atoms with E-state index in [9.17, 15) is 4.79 Å². The first-order valence-corrected chi connectivity index (χ1v) is 5.50. The number of ether oxygens (including phenoxy) is 1. The molecule has 0 atom stereocenters. The van der Waals surface area contributed by atoms with Crippen LogP contribution in [-0.2, 0) is 0 Å². The van der Waals surface area contributed by atoms with Crippen molar-refractivity contribution in [3.05, 3.63) is 54.1 Å². The topological polar surface area (TPSA) is 64.3 Å². The molecule has 0 aliphatic heterocycles. The standard InChI is InChI=1S/C14H14N2O2/c1-18-13-8-6-11(7-9-13)10-2-4-12(5-3-10)14(17)16-15/h2-9H,15H2,1H3,(H,16,17). The van der Waals surface area contributed by atoms with Crippen molar-refractivity contribution >= 4 is 5.91 Å². The minimum atomic E-state index is -0.295. The Bertz CT molecular complexity index is 533. The van der Waals surface area contributed by atoms with Crippen LogP contribution in [0, 0.1) is 0 Å². The van der Waals surface area contributed by atoms with E-state index in [0.29, 0.717) is 5.56 Å². The van der Waals surface area contributed by atoms with E-state index in [4.69, 9.17) is 10.6 Å². The van der Waals surface area contributed by atoms with E-state index in [1.54, 1.807) is 19.2 Å². The maximum Gasteiger partial charge on any atom is 0.265 e. The Labute approximate surface area is 105 Å². The van der Waals surface area contributed by atoms with E-state index in [1.165, 1.54) is 0 Å². The molecule has 0 saturated heterocycles. The van der Waals surface area contributed by atoms with Gasteiger partial charge in [-0.05, 0) is 35.4 Å². The zero-order chi connectivity index (χ0) is 13.0. The lowest BCUT2D eigenvalue weighted by atomic mass is 10.0. The molecule has 0 unspecified atom stereocenters. The largest absolute Gasteiger partial charge is 0.497 e. The van der Waals surface area contributed by atoms with Crippen LogP contribution in [0.15, 0.2) is 48.5 Å². The van der Waals surface area contributed by atoms with Crippen LogP contribution < -0.4 is 16.0 Å². The minimum absolute atomic E-state index is 0.295. The van der Waals surface area contributed by atoms with Crippen LogP contribution in [-0.4, -0.2) is 13.0 Å². The van der Waals surface area contributed by atoms with Crippen molar-refractivity contribution in [3.63, 3.8) is 0 Å². The van der Waals surface area contributed by atoms with Crippen LogP contribution >= 0.6 is 0 Å². The number of hydrogen-bond donors (Lipinski definition) is 2. The van der Waals surface area contributed by atoms with Gasteiger partial charge >= 0.3 is 0 Å². The van der Waals surface area contributed by atoms with Crippen molar-refractivity contribution in [3.8, 4) is 16.9 Å². The van der Waals surface area contributed by atoms with Gasteiger partial charge in [-0.25, -0.2) is 5.84 Å². The van der Waals surface area contributed by atoms with Crippen LogP contribution in [0.3, 0.4) is 0 Å². The SMILES string of the molecule is COc1ccc(-c2ccc(C(=O)NN)cc2)cc1. The molecule has 92 valence electrons. The van der Waals surface area contributed by atoms with Gasteiger partial charge in [0, 0.05) is 5.56 Å². The first-order valence-electron chi connectivity index (χ1n) is 5.50. The summed E-state index contributed by atoms with van der Waals surface area (Å²) in [4.78, 5) is 11.3. The monoisotopic (exact) mass is 242 g/mol. The molecule has 0 aliphatic rings. The lowest BCUT2D eigenvalue weighted by Crippen LogP contribution is -2.29. The van der Waals surface area contributed by atoms with Gasteiger partial charge in [-0.2, -0.15) is 0 Å². The molecule has 2 aromatic rings. The number of carbonyl (C=O) groups is 1. The molecule has 0 heterocycles. The van der Waals surface area contributed by atoms with E-state index in [1.807, 2.05) is 36.4 Å². The van der Waals surface area contributed by atoms with E-state index in [2.05, 4.69) is 5.43 Å². The zero-order valence-electron chi connectivity index (χ0n) is 10.0. The summed E-state index contributed by atoms with van der Waals surface area (Å²) in [5, 5.41) is 0. The van der Waals surface area contributed by atoms with Gasteiger partial charge in [0.25, 0.3) is 5.91 Å². The van der Waals surface area contributed by atoms with Crippen molar-refractivity contribution in [2.45, 2.75) is 0 Å². The molecular formula is C14H14N2O2. The molecule has 4 nitrogen and oxygen atoms in total. The lowest BCUT2D eigenvalue weighted by Gasteiger charge is -2.05. The van der Waals surface area contributed by atoms with Gasteiger partial charge in [0.05, 0.1) is 7.11 Å². The number of rotatable bonds is 3. The first-order chi connectivity index (χ1) is 8.74. The summed E-state index contributed by atoms with van der Waals surface area (Å²) in [6.45, 7) is 0. The Hall–Kier alpha value is -2.33. The highest BCUT2D eigenvalue weighted by Crippen LogP contribution is 2.22. The van der Waals surface area contributed by atoms with Gasteiger partial charge in [-0.15, -0.1) is 0 Å². The quantitative estimate of drug-likeness (QED) is 0.491. The Kier molecular flexibility index (Phi) is 3.60. The molecule has 0 radical (unpaired) electrons. The number of amides is 1. The number of benzene rings is 2. The molecule has 3 N–H and O–H groups in total. The predicted octanol–water partition coefficient (Wildman–Crippen LogP) is 1.97. The fourth-order valence-corrected chi connectivity index (χ4v) is 1.68. The van der Waals surface area contributed by atoms with Crippen LogP contribution in [0.1, 0.15) is 10.4 Å². The van der Waals surface area contributed by atoms with Gasteiger partial charge < -0.3 is 4.74 Å². The van der Waals surface area contributed by atoms with Crippen LogP contribution in [0.25, 0.3) is 11.1 Å². The average molecular weight is 242 g/mol. The first kappa shape index (κ1) is 12.1. The summed E-state index contributed by atoms with van der Waals surface area (Å²) in [7, 11) is 1.63. The second-order valence-electron chi connectivity index (χ2n) is 3.78. The Morgan fingerprint density at radius 1 is 1.00 bits per heavy atom. The fraction of sp³-hybridized carbons (Fsp3) is 0.0714. The number of carbonyl (C=O) groups excluding carboxylic acids is 1. The van der Waals surface area contributed by atoms with Crippen molar-refractivity contribution in [2.75, 3.05) is 7.11 Å². The molecule has 2 aromatic carbocycles. The lowest BCUT2D eigenvalue weighted by molar-refractivity contribution is 0.0953. The van der Waals surface area contributed by atoms with E-state index < -0.39 is 0 Å². The summed E-state index contributed by atoms with van der Waals surface area (Å²) in [5.41, 5.74) is 4.74. The number of hydrogen-bond acceptors (Lipinski definition) is 3. The Morgan fingerprint density at radius 2 is 1.50 bits per heavy atom. The molecule has 4 heteroatoms. The Morgan fingerprint density at radius 3 is 1.94 bits per heavy atom. The van der Waals surface area contributed by atoms with Gasteiger partial charge in [-0.1, -0.05) is 24.3 Å². The van der Waals surface area contributed by atoms with Crippen molar-refractivity contribution < 1.29 is 9.53 Å². The average Bonchev–Trinajstić information content (AvgIpc) is 2.47. The Balaban J connectivity index is 2.25. The van der Waals surface area contributed by atoms with E-state index in [-0.39, 0.29) is 5.91 Å². The molecule has 18 heavy (non-hydrogen) atoms. The van der Waals surface area contributed by atoms with Crippen LogP contribution in [0.4, 0.5) is 0 Å². The highest BCUT2D eigenvalue weighted by atomic mass is 16.5. The predicted molar refractivity (Wildman–Crippen MR) is 70.1 cm³/mol. The molecular weight excluding hydrogens is 228 g/mol. The number of nitrogen functional groups attached to an aromatic ring is 1. The van der Waals surface area contributed by atoms with Crippen molar-refractivity contribution in [1.82, 2.24) is 5.43 Å². The minimum Gasteiger partial charge on any atom is -0.497 e. The molecule has 0 saturated carbocycles. The van der Waals surface area contributed by atoms with Gasteiger partial charge in [0.15, 0.2) is 0 Å². The molecule has 0 aromatic heterocycles. The zero-order valence-corrected chi connectivity index (χ0v) is 10.0. The summed E-state index contributed by atoms with van der Waals surface area (Å²) >= 11 is 0. The van der Waals surface area contributed by atoms with Crippen molar-refractivity contribution in [1.29, 1.82) is 0 Å². The van der Waals surface area contributed by atoms with Crippen LogP contribution in [0.2, 0.25) is 0 Å². The third-order valence-corrected chi connectivity index (χ3v) is 2.70. The summed E-state index contributed by atoms with van der Waals surface area (Å²) in [5.74, 6) is 5.59. The highest BCUT2D eigenvalue weighted by Gasteiger charge is 2.03. The third-order valence-electron chi connectivity index (χ3n) is 2.70. The summed E-state index contributed by atoms with van der Waals surface area (Å²) in [6.07, 6.45) is 0. The molecule has 2 rings (SSSR count). The highest BCUT2D eigenvalue weighted by molar-refractivity contribution is 5.94. The van der Waals surface area contributed by atoms with Gasteiger partial charge in [0.2, 0.25) is 0 Å². The smallest absolute Gasteiger partial charge is 0.265 e. The van der Waals surface area contributed by atoms with Gasteiger partial charge in [0.1, 0.15) is 5.75 Å². The number of nitrogens with two attached hydrogens (primary N) is 1. The van der Waals surface area contributed by atoms with Crippen LogP contribution in [0.5, 0.6) is 5.75 Å². The molecule has 0 spiro atoms. The molecule has 1 amide bonds. The van der Waals surface area contributed by atoms with E-state index >= 15 is 0 Å². The molecule has 0 bridgehead atoms. The second-order valence-corrected chi connectivity index (χ2v) is 3.78. The number of hydrazine groups is 1. The maximum atomic E-state index is 11.3. The van der Waals surface area contributed by atoms with Crippen molar-refractivity contribution in [2.24, 2.45) is 5.84 Å². The van der Waals surface area contributed by atoms with E-state index in [0.717, 1.165) is 16.9 Å². The summed E-state index contributed by atoms with van der Waals surface area (Å²) < 4.78 is 5.10. The molecule has 0 fully saturated rings. The summed E-state index contributed by atoms with van der Waals surface area (Å²) in [6, 6.07) is 15.0. The normalized spacial score (nSPS) is 9.89. The number of methoxy groups -OCH3 is 1. The third kappa shape index (κ3) is 2.49. The second kappa shape index (κ2) is 5.33. The maximum absolute atomic E-state index is 11.3. The fourth-order valence-electron chi connectivity index (χ4n) is 1.68. The van der Waals surface area contributed by atoms with Gasteiger partial charge in [-0.3, -0.25) is 10.2 Å². The molecule has 0 aliphatic carbocycles. The number of nitrogens with one attached hydrogen (secondary N) is 1.